The number of hydrogen-bond donors (Lipinski definition) is 2. The van der Waals surface area contributed by atoms with Gasteiger partial charge in [0.15, 0.2) is 0 Å². The van der Waals surface area contributed by atoms with E-state index in [9.17, 15) is 0 Å². The summed E-state index contributed by atoms with van der Waals surface area (Å²) in [5.74, 6) is 2.38. The van der Waals surface area contributed by atoms with E-state index in [1.807, 2.05) is 13.0 Å². The quantitative estimate of drug-likeness (QED) is 0.844. The minimum absolute atomic E-state index is 0.258. The molecule has 0 spiro atoms. The van der Waals surface area contributed by atoms with E-state index in [0.717, 1.165) is 31.4 Å². The third-order valence-electron chi connectivity index (χ3n) is 3.98. The summed E-state index contributed by atoms with van der Waals surface area (Å²) in [5, 5.41) is 3.40. The van der Waals surface area contributed by atoms with Crippen LogP contribution in [0.2, 0.25) is 0 Å². The molecular weight excluding hydrogens is 278 g/mol. The molecule has 0 aliphatic heterocycles. The summed E-state index contributed by atoms with van der Waals surface area (Å²) in [6, 6.07) is 6.62. The molecule has 1 atom stereocenters. The Hall–Kier alpha value is -2.37. The van der Waals surface area contributed by atoms with Crippen molar-refractivity contribution in [2.75, 3.05) is 18.2 Å². The lowest BCUT2D eigenvalue weighted by Gasteiger charge is -2.17. The predicted molar refractivity (Wildman–Crippen MR) is 86.0 cm³/mol. The first-order valence-electron chi connectivity index (χ1n) is 7.54. The molecule has 0 saturated heterocycles. The summed E-state index contributed by atoms with van der Waals surface area (Å²) in [6.07, 6.45) is 4.21. The fourth-order valence-corrected chi connectivity index (χ4v) is 2.94. The summed E-state index contributed by atoms with van der Waals surface area (Å²) in [5.41, 5.74) is 8.41. The molecule has 22 heavy (non-hydrogen) atoms. The molecule has 3 rings (SSSR count). The number of nitrogens with two attached hydrogens (primary N) is 1. The molecule has 1 heterocycles. The molecule has 1 aromatic carbocycles. The van der Waals surface area contributed by atoms with Crippen LogP contribution in [0.1, 0.15) is 29.8 Å². The molecule has 1 aromatic heterocycles. The molecule has 6 nitrogen and oxygen atoms in total. The topological polar surface area (TPSA) is 86.0 Å². The second kappa shape index (κ2) is 6.17. The summed E-state index contributed by atoms with van der Waals surface area (Å²) < 4.78 is 5.31. The van der Waals surface area contributed by atoms with Crippen LogP contribution in [-0.2, 0) is 12.8 Å². The molecule has 116 valence electrons. The second-order valence-corrected chi connectivity index (χ2v) is 5.64. The van der Waals surface area contributed by atoms with Crippen LogP contribution in [0.25, 0.3) is 0 Å². The van der Waals surface area contributed by atoms with Crippen molar-refractivity contribution in [2.24, 2.45) is 0 Å². The van der Waals surface area contributed by atoms with Crippen LogP contribution in [0.4, 0.5) is 11.9 Å². The van der Waals surface area contributed by atoms with E-state index in [2.05, 4.69) is 32.4 Å². The van der Waals surface area contributed by atoms with Gasteiger partial charge in [-0.15, -0.1) is 0 Å². The molecule has 0 saturated carbocycles. The van der Waals surface area contributed by atoms with Crippen LogP contribution in [0, 0.1) is 6.92 Å². The Labute approximate surface area is 130 Å². The molecule has 1 aliphatic rings. The minimum atomic E-state index is 0.258. The molecule has 3 N–H and O–H groups in total. The molecular formula is C16H21N5O. The predicted octanol–water partition coefficient (Wildman–Crippen LogP) is 2.13. The van der Waals surface area contributed by atoms with Gasteiger partial charge in [0.05, 0.1) is 7.11 Å². The number of hydrogen-bond acceptors (Lipinski definition) is 6. The average Bonchev–Trinajstić information content (AvgIpc) is 2.66. The lowest BCUT2D eigenvalue weighted by Crippen LogP contribution is -2.23. The van der Waals surface area contributed by atoms with Gasteiger partial charge in [0, 0.05) is 6.04 Å². The Bertz CT molecular complexity index is 653. The van der Waals surface area contributed by atoms with Gasteiger partial charge in [0.25, 0.3) is 0 Å². The number of nitrogens with one attached hydrogen (secondary N) is 1. The lowest BCUT2D eigenvalue weighted by molar-refractivity contribution is 0.414. The number of aryl methyl sites for hydroxylation is 2. The number of methoxy groups -OCH3 is 1. The van der Waals surface area contributed by atoms with E-state index in [4.69, 9.17) is 10.5 Å². The van der Waals surface area contributed by atoms with Crippen molar-refractivity contribution >= 4 is 11.9 Å². The number of aromatic nitrogens is 3. The second-order valence-electron chi connectivity index (χ2n) is 5.64. The van der Waals surface area contributed by atoms with Crippen LogP contribution in [0.3, 0.4) is 0 Å². The first kappa shape index (κ1) is 14.6. The highest BCUT2D eigenvalue weighted by Gasteiger charge is 2.18. The van der Waals surface area contributed by atoms with Gasteiger partial charge in [-0.25, -0.2) is 0 Å². The summed E-state index contributed by atoms with van der Waals surface area (Å²) >= 11 is 0. The van der Waals surface area contributed by atoms with Gasteiger partial charge in [-0.3, -0.25) is 0 Å². The fourth-order valence-electron chi connectivity index (χ4n) is 2.94. The minimum Gasteiger partial charge on any atom is -0.497 e. The number of rotatable bonds is 3. The number of benzene rings is 1. The molecule has 0 bridgehead atoms. The average molecular weight is 299 g/mol. The number of anilines is 2. The van der Waals surface area contributed by atoms with Crippen molar-refractivity contribution in [3.05, 3.63) is 35.2 Å². The molecule has 0 fully saturated rings. The third kappa shape index (κ3) is 3.27. The van der Waals surface area contributed by atoms with Crippen molar-refractivity contribution in [1.29, 1.82) is 0 Å². The number of ether oxygens (including phenoxy) is 1. The van der Waals surface area contributed by atoms with E-state index in [1.54, 1.807) is 7.11 Å². The van der Waals surface area contributed by atoms with Gasteiger partial charge >= 0.3 is 0 Å². The maximum atomic E-state index is 5.69. The standard InChI is InChI=1S/C16H21N5O/c1-10-18-15(17)21-16(19-10)20-13-5-3-4-11-9-14(22-2)7-6-12(11)8-13/h6-7,9,13H,3-5,8H2,1-2H3,(H3,17,18,19,20,21). The third-order valence-corrected chi connectivity index (χ3v) is 3.98. The van der Waals surface area contributed by atoms with Crippen LogP contribution in [0.15, 0.2) is 18.2 Å². The largest absolute Gasteiger partial charge is 0.497 e. The van der Waals surface area contributed by atoms with Gasteiger partial charge in [0.1, 0.15) is 11.6 Å². The van der Waals surface area contributed by atoms with E-state index < -0.39 is 0 Å². The van der Waals surface area contributed by atoms with Crippen molar-refractivity contribution in [1.82, 2.24) is 15.0 Å². The highest BCUT2D eigenvalue weighted by Crippen LogP contribution is 2.26. The fraction of sp³-hybridized carbons (Fsp3) is 0.438. The Balaban J connectivity index is 1.78. The summed E-state index contributed by atoms with van der Waals surface area (Å²) in [4.78, 5) is 12.5. The van der Waals surface area contributed by atoms with Gasteiger partial charge in [-0.1, -0.05) is 6.07 Å². The van der Waals surface area contributed by atoms with Crippen LogP contribution in [0.5, 0.6) is 5.75 Å². The number of nitrogen functional groups attached to an aromatic ring is 1. The van der Waals surface area contributed by atoms with E-state index in [1.165, 1.54) is 11.1 Å². The Morgan fingerprint density at radius 1 is 1.23 bits per heavy atom. The molecule has 0 radical (unpaired) electrons. The molecule has 6 heteroatoms. The first-order chi connectivity index (χ1) is 10.6. The lowest BCUT2D eigenvalue weighted by atomic mass is 10.0. The monoisotopic (exact) mass is 299 g/mol. The highest BCUT2D eigenvalue weighted by atomic mass is 16.5. The Morgan fingerprint density at radius 3 is 2.86 bits per heavy atom. The van der Waals surface area contributed by atoms with Crippen LogP contribution >= 0.6 is 0 Å². The van der Waals surface area contributed by atoms with Gasteiger partial charge < -0.3 is 15.8 Å². The van der Waals surface area contributed by atoms with Gasteiger partial charge in [-0.2, -0.15) is 15.0 Å². The van der Waals surface area contributed by atoms with E-state index >= 15 is 0 Å². The smallest absolute Gasteiger partial charge is 0.227 e. The van der Waals surface area contributed by atoms with Crippen LogP contribution in [-0.4, -0.2) is 28.1 Å². The van der Waals surface area contributed by atoms with Crippen molar-refractivity contribution in [2.45, 2.75) is 38.6 Å². The normalized spacial score (nSPS) is 17.5. The molecule has 2 aromatic rings. The SMILES string of the molecule is COc1ccc2c(c1)CCCC(Nc1nc(C)nc(N)n1)C2. The Morgan fingerprint density at radius 2 is 2.09 bits per heavy atom. The van der Waals surface area contributed by atoms with Crippen LogP contribution < -0.4 is 15.8 Å². The molecule has 1 unspecified atom stereocenters. The van der Waals surface area contributed by atoms with Gasteiger partial charge in [0.2, 0.25) is 11.9 Å². The van der Waals surface area contributed by atoms with Crippen molar-refractivity contribution in [3.8, 4) is 5.75 Å². The van der Waals surface area contributed by atoms with Crippen molar-refractivity contribution in [3.63, 3.8) is 0 Å². The molecule has 1 aliphatic carbocycles. The maximum Gasteiger partial charge on any atom is 0.227 e. The zero-order valence-corrected chi connectivity index (χ0v) is 13.0. The zero-order valence-electron chi connectivity index (χ0n) is 13.0. The first-order valence-corrected chi connectivity index (χ1v) is 7.54. The molecule has 0 amide bonds. The summed E-state index contributed by atoms with van der Waals surface area (Å²) in [7, 11) is 1.70. The van der Waals surface area contributed by atoms with E-state index in [-0.39, 0.29) is 5.95 Å². The Kier molecular flexibility index (Phi) is 4.09. The van der Waals surface area contributed by atoms with Crippen molar-refractivity contribution < 1.29 is 4.74 Å². The highest BCUT2D eigenvalue weighted by molar-refractivity contribution is 5.39. The maximum absolute atomic E-state index is 5.69. The zero-order chi connectivity index (χ0) is 15.5. The summed E-state index contributed by atoms with van der Waals surface area (Å²) in [6.45, 7) is 1.82. The van der Waals surface area contributed by atoms with E-state index in [0.29, 0.717) is 17.8 Å². The van der Waals surface area contributed by atoms with Gasteiger partial charge in [-0.05, 0) is 55.9 Å². The number of fused-ring (bicyclic) bond motifs is 1. The number of nitrogens with zero attached hydrogens (tertiary/aromatic N) is 3.